The molecule has 0 bridgehead atoms. The van der Waals surface area contributed by atoms with E-state index in [-0.39, 0.29) is 11.7 Å². The number of amides is 1. The molecule has 0 aliphatic heterocycles. The number of carbonyl (C=O) groups excluding carboxylic acids is 1. The Morgan fingerprint density at radius 3 is 2.33 bits per heavy atom. The van der Waals surface area contributed by atoms with Gasteiger partial charge in [-0.05, 0) is 55.3 Å². The fourth-order valence-corrected chi connectivity index (χ4v) is 3.18. The molecule has 1 amide bonds. The smallest absolute Gasteiger partial charge is 0.272 e. The second-order valence-electron chi connectivity index (χ2n) is 6.60. The second kappa shape index (κ2) is 8.20. The van der Waals surface area contributed by atoms with Crippen LogP contribution in [-0.4, -0.2) is 38.2 Å². The van der Waals surface area contributed by atoms with E-state index in [2.05, 4.69) is 18.9 Å². The number of aryl methyl sites for hydroxylation is 1. The number of hydrogen-bond donors (Lipinski definition) is 0. The van der Waals surface area contributed by atoms with Gasteiger partial charge in [0.25, 0.3) is 5.91 Å². The van der Waals surface area contributed by atoms with Crippen molar-refractivity contribution < 1.29 is 9.18 Å². The summed E-state index contributed by atoms with van der Waals surface area (Å²) in [5.74, 6) is -0.379. The standard InChI is InChI=1S/C21H25FN4O/c1-4-12-25(13-5-2)21(27)20-15-18(19-7-6-14-24(19)3)23-26(20)17-10-8-16(22)9-11-17/h6-11,14-15H,4-5,12-13H2,1-3H3. The third kappa shape index (κ3) is 3.94. The molecule has 2 aromatic heterocycles. The second-order valence-corrected chi connectivity index (χ2v) is 6.60. The maximum absolute atomic E-state index is 13.4. The first kappa shape index (κ1) is 18.9. The highest BCUT2D eigenvalue weighted by atomic mass is 19.1. The van der Waals surface area contributed by atoms with Crippen LogP contribution >= 0.6 is 0 Å². The summed E-state index contributed by atoms with van der Waals surface area (Å²) in [6, 6.07) is 11.7. The van der Waals surface area contributed by atoms with Crippen LogP contribution in [0.4, 0.5) is 4.39 Å². The molecular weight excluding hydrogens is 343 g/mol. The van der Waals surface area contributed by atoms with Gasteiger partial charge >= 0.3 is 0 Å². The van der Waals surface area contributed by atoms with Gasteiger partial charge in [-0.15, -0.1) is 0 Å². The van der Waals surface area contributed by atoms with Gasteiger partial charge in [-0.2, -0.15) is 5.10 Å². The van der Waals surface area contributed by atoms with Gasteiger partial charge < -0.3 is 9.47 Å². The summed E-state index contributed by atoms with van der Waals surface area (Å²) in [4.78, 5) is 15.1. The maximum atomic E-state index is 13.4. The molecule has 0 fully saturated rings. The van der Waals surface area contributed by atoms with Crippen LogP contribution in [-0.2, 0) is 7.05 Å². The molecule has 2 heterocycles. The van der Waals surface area contributed by atoms with Crippen molar-refractivity contribution >= 4 is 5.91 Å². The fraction of sp³-hybridized carbons (Fsp3) is 0.333. The first-order chi connectivity index (χ1) is 13.0. The highest BCUT2D eigenvalue weighted by Gasteiger charge is 2.22. The molecule has 0 unspecified atom stereocenters. The molecule has 0 saturated carbocycles. The summed E-state index contributed by atoms with van der Waals surface area (Å²) in [5.41, 5.74) is 2.78. The molecule has 6 heteroatoms. The molecule has 3 aromatic rings. The van der Waals surface area contributed by atoms with Crippen LogP contribution in [0.25, 0.3) is 17.1 Å². The van der Waals surface area contributed by atoms with Crippen LogP contribution < -0.4 is 0 Å². The lowest BCUT2D eigenvalue weighted by Crippen LogP contribution is -2.33. The maximum Gasteiger partial charge on any atom is 0.272 e. The third-order valence-electron chi connectivity index (χ3n) is 4.48. The zero-order valence-electron chi connectivity index (χ0n) is 16.0. The number of aromatic nitrogens is 3. The zero-order chi connectivity index (χ0) is 19.4. The number of hydrogen-bond acceptors (Lipinski definition) is 2. The number of nitrogens with zero attached hydrogens (tertiary/aromatic N) is 4. The van der Waals surface area contributed by atoms with Gasteiger partial charge in [0.2, 0.25) is 0 Å². The lowest BCUT2D eigenvalue weighted by molar-refractivity contribution is 0.0746. The van der Waals surface area contributed by atoms with E-state index in [1.807, 2.05) is 40.9 Å². The summed E-state index contributed by atoms with van der Waals surface area (Å²) < 4.78 is 16.9. The predicted molar refractivity (Wildman–Crippen MR) is 104 cm³/mol. The van der Waals surface area contributed by atoms with E-state index >= 15 is 0 Å². The quantitative estimate of drug-likeness (QED) is 0.625. The number of benzene rings is 1. The molecule has 1 aromatic carbocycles. The highest BCUT2D eigenvalue weighted by Crippen LogP contribution is 2.23. The van der Waals surface area contributed by atoms with Crippen LogP contribution in [0.3, 0.4) is 0 Å². The van der Waals surface area contributed by atoms with Gasteiger partial charge in [-0.25, -0.2) is 9.07 Å². The van der Waals surface area contributed by atoms with E-state index < -0.39 is 0 Å². The lowest BCUT2D eigenvalue weighted by atomic mass is 10.2. The number of rotatable bonds is 7. The number of halogens is 1. The van der Waals surface area contributed by atoms with Crippen molar-refractivity contribution in [3.63, 3.8) is 0 Å². The first-order valence-electron chi connectivity index (χ1n) is 9.32. The van der Waals surface area contributed by atoms with Crippen LogP contribution in [0, 0.1) is 5.82 Å². The third-order valence-corrected chi connectivity index (χ3v) is 4.48. The van der Waals surface area contributed by atoms with Gasteiger partial charge in [-0.1, -0.05) is 13.8 Å². The van der Waals surface area contributed by atoms with E-state index in [1.54, 1.807) is 16.8 Å². The Morgan fingerprint density at radius 2 is 1.78 bits per heavy atom. The summed E-state index contributed by atoms with van der Waals surface area (Å²) in [6.07, 6.45) is 3.72. The monoisotopic (exact) mass is 368 g/mol. The topological polar surface area (TPSA) is 43.1 Å². The predicted octanol–water partition coefficient (Wildman–Crippen LogP) is 4.28. The van der Waals surface area contributed by atoms with Crippen molar-refractivity contribution in [2.24, 2.45) is 7.05 Å². The summed E-state index contributed by atoms with van der Waals surface area (Å²) >= 11 is 0. The molecule has 0 spiro atoms. The van der Waals surface area contributed by atoms with Gasteiger partial charge in [0, 0.05) is 26.3 Å². The molecule has 142 valence electrons. The van der Waals surface area contributed by atoms with Crippen LogP contribution in [0.2, 0.25) is 0 Å². The van der Waals surface area contributed by atoms with Gasteiger partial charge in [0.1, 0.15) is 17.2 Å². The van der Waals surface area contributed by atoms with Crippen molar-refractivity contribution in [2.45, 2.75) is 26.7 Å². The average molecular weight is 368 g/mol. The average Bonchev–Trinajstić information content (AvgIpc) is 3.28. The van der Waals surface area contributed by atoms with Crippen molar-refractivity contribution in [3.8, 4) is 17.1 Å². The largest absolute Gasteiger partial charge is 0.349 e. The van der Waals surface area contributed by atoms with Gasteiger partial charge in [-0.3, -0.25) is 4.79 Å². The Morgan fingerprint density at radius 1 is 1.11 bits per heavy atom. The molecule has 0 atom stereocenters. The van der Waals surface area contributed by atoms with E-state index in [0.717, 1.165) is 18.5 Å². The fourth-order valence-electron chi connectivity index (χ4n) is 3.18. The Hall–Kier alpha value is -2.89. The van der Waals surface area contributed by atoms with Crippen molar-refractivity contribution in [1.29, 1.82) is 0 Å². The van der Waals surface area contributed by atoms with Crippen molar-refractivity contribution in [2.75, 3.05) is 13.1 Å². The summed E-state index contributed by atoms with van der Waals surface area (Å²) in [7, 11) is 1.94. The van der Waals surface area contributed by atoms with Gasteiger partial charge in [0.05, 0.1) is 11.4 Å². The molecule has 5 nitrogen and oxygen atoms in total. The minimum atomic E-state index is -0.319. The molecular formula is C21H25FN4O. The summed E-state index contributed by atoms with van der Waals surface area (Å²) in [6.45, 7) is 5.51. The molecule has 0 radical (unpaired) electrons. The minimum absolute atomic E-state index is 0.0593. The molecule has 0 N–H and O–H groups in total. The van der Waals surface area contributed by atoms with E-state index in [4.69, 9.17) is 0 Å². The normalized spacial score (nSPS) is 11.0. The van der Waals surface area contributed by atoms with Gasteiger partial charge in [0.15, 0.2) is 0 Å². The highest BCUT2D eigenvalue weighted by molar-refractivity contribution is 5.94. The Balaban J connectivity index is 2.10. The van der Waals surface area contributed by atoms with Crippen LogP contribution in [0.5, 0.6) is 0 Å². The molecule has 0 aliphatic rings. The Kier molecular flexibility index (Phi) is 5.74. The van der Waals surface area contributed by atoms with Crippen molar-refractivity contribution in [3.05, 3.63) is 60.2 Å². The summed E-state index contributed by atoms with van der Waals surface area (Å²) in [5, 5.41) is 4.66. The van der Waals surface area contributed by atoms with E-state index in [0.29, 0.717) is 30.2 Å². The molecule has 27 heavy (non-hydrogen) atoms. The van der Waals surface area contributed by atoms with Crippen LogP contribution in [0.15, 0.2) is 48.7 Å². The van der Waals surface area contributed by atoms with Crippen LogP contribution in [0.1, 0.15) is 37.2 Å². The zero-order valence-corrected chi connectivity index (χ0v) is 16.0. The molecule has 0 saturated heterocycles. The molecule has 0 aliphatic carbocycles. The SMILES string of the molecule is CCCN(CCC)C(=O)c1cc(-c2cccn2C)nn1-c1ccc(F)cc1. The Bertz CT molecular complexity index is 905. The Labute approximate surface area is 159 Å². The van der Waals surface area contributed by atoms with E-state index in [1.165, 1.54) is 12.1 Å². The van der Waals surface area contributed by atoms with E-state index in [9.17, 15) is 9.18 Å². The number of carbonyl (C=O) groups is 1. The first-order valence-corrected chi connectivity index (χ1v) is 9.32. The molecule has 3 rings (SSSR count). The lowest BCUT2D eigenvalue weighted by Gasteiger charge is -2.21. The van der Waals surface area contributed by atoms with Crippen molar-refractivity contribution in [1.82, 2.24) is 19.2 Å². The minimum Gasteiger partial charge on any atom is -0.349 e.